The Balaban J connectivity index is 1.90. The Morgan fingerprint density at radius 2 is 2.31 bits per heavy atom. The molecule has 1 unspecified atom stereocenters. The number of rotatable bonds is 3. The Kier molecular flexibility index (Phi) is 3.83. The Morgan fingerprint density at radius 1 is 1.50 bits per heavy atom. The first-order chi connectivity index (χ1) is 7.77. The molecule has 1 aliphatic rings. The van der Waals surface area contributed by atoms with Gasteiger partial charge in [0.25, 0.3) is 5.91 Å². The van der Waals surface area contributed by atoms with Crippen LogP contribution in [0.2, 0.25) is 0 Å². The molecule has 16 heavy (non-hydrogen) atoms. The third kappa shape index (κ3) is 2.76. The number of halogens is 1. The highest BCUT2D eigenvalue weighted by atomic mass is 32.2. The van der Waals surface area contributed by atoms with Gasteiger partial charge in [-0.1, -0.05) is 12.1 Å². The molecule has 0 spiro atoms. The topological polar surface area (TPSA) is 29.1 Å². The molecular weight excluding hydrogens is 225 g/mol. The van der Waals surface area contributed by atoms with Crippen molar-refractivity contribution >= 4 is 17.7 Å². The maximum Gasteiger partial charge on any atom is 0.254 e. The zero-order valence-electron chi connectivity index (χ0n) is 8.91. The summed E-state index contributed by atoms with van der Waals surface area (Å²) in [5.41, 5.74) is 0.130. The van der Waals surface area contributed by atoms with Crippen molar-refractivity contribution in [1.82, 2.24) is 5.32 Å². The van der Waals surface area contributed by atoms with Crippen LogP contribution in [0.4, 0.5) is 4.39 Å². The standard InChI is InChI=1S/C12H14FNOS/c13-11-6-2-1-5-10(11)12(15)14-8-9-4-3-7-16-9/h1-2,5-6,9H,3-4,7-8H2,(H,14,15). The molecule has 0 radical (unpaired) electrons. The SMILES string of the molecule is O=C(NCC1CCCS1)c1ccccc1F. The van der Waals surface area contributed by atoms with Crippen LogP contribution in [0.15, 0.2) is 24.3 Å². The summed E-state index contributed by atoms with van der Waals surface area (Å²) in [5, 5.41) is 3.28. The van der Waals surface area contributed by atoms with E-state index in [-0.39, 0.29) is 11.5 Å². The van der Waals surface area contributed by atoms with Gasteiger partial charge in [0, 0.05) is 11.8 Å². The van der Waals surface area contributed by atoms with Crippen LogP contribution in [0.5, 0.6) is 0 Å². The second kappa shape index (κ2) is 5.34. The molecule has 1 amide bonds. The number of carbonyl (C=O) groups excluding carboxylic acids is 1. The van der Waals surface area contributed by atoms with Gasteiger partial charge in [-0.15, -0.1) is 0 Å². The van der Waals surface area contributed by atoms with Crippen LogP contribution >= 0.6 is 11.8 Å². The summed E-state index contributed by atoms with van der Waals surface area (Å²) in [5.74, 6) is 0.393. The fourth-order valence-electron chi connectivity index (χ4n) is 1.75. The summed E-state index contributed by atoms with van der Waals surface area (Å²) in [4.78, 5) is 11.7. The molecule has 1 aromatic carbocycles. The predicted octanol–water partition coefficient (Wildman–Crippen LogP) is 2.45. The molecule has 1 fully saturated rings. The third-order valence-corrected chi connectivity index (χ3v) is 4.03. The summed E-state index contributed by atoms with van der Waals surface area (Å²) in [7, 11) is 0. The molecule has 1 heterocycles. The Bertz CT molecular complexity index is 377. The highest BCUT2D eigenvalue weighted by Gasteiger charge is 2.17. The predicted molar refractivity (Wildman–Crippen MR) is 64.2 cm³/mol. The molecule has 4 heteroatoms. The highest BCUT2D eigenvalue weighted by Crippen LogP contribution is 2.25. The average molecular weight is 239 g/mol. The van der Waals surface area contributed by atoms with Crippen molar-refractivity contribution in [2.45, 2.75) is 18.1 Å². The van der Waals surface area contributed by atoms with Crippen LogP contribution in [0.3, 0.4) is 0 Å². The van der Waals surface area contributed by atoms with E-state index < -0.39 is 5.82 Å². The minimum Gasteiger partial charge on any atom is -0.351 e. The minimum absolute atomic E-state index is 0.130. The van der Waals surface area contributed by atoms with Gasteiger partial charge in [-0.2, -0.15) is 11.8 Å². The smallest absolute Gasteiger partial charge is 0.254 e. The third-order valence-electron chi connectivity index (χ3n) is 2.63. The Hall–Kier alpha value is -1.03. The molecule has 86 valence electrons. The first-order valence-corrected chi connectivity index (χ1v) is 6.46. The first-order valence-electron chi connectivity index (χ1n) is 5.41. The molecule has 0 aromatic heterocycles. The summed E-state index contributed by atoms with van der Waals surface area (Å²) in [6, 6.07) is 6.06. The lowest BCUT2D eigenvalue weighted by Crippen LogP contribution is -2.30. The van der Waals surface area contributed by atoms with E-state index in [2.05, 4.69) is 5.32 Å². The first kappa shape index (κ1) is 11.5. The number of amides is 1. The van der Waals surface area contributed by atoms with Gasteiger partial charge in [0.15, 0.2) is 0 Å². The number of thioether (sulfide) groups is 1. The van der Waals surface area contributed by atoms with Crippen LogP contribution in [-0.4, -0.2) is 23.5 Å². The molecule has 1 aliphatic heterocycles. The van der Waals surface area contributed by atoms with Crippen molar-refractivity contribution in [3.8, 4) is 0 Å². The molecule has 1 N–H and O–H groups in total. The fraction of sp³-hybridized carbons (Fsp3) is 0.417. The van der Waals surface area contributed by atoms with E-state index in [1.165, 1.54) is 24.3 Å². The zero-order valence-corrected chi connectivity index (χ0v) is 9.73. The molecule has 1 atom stereocenters. The number of hydrogen-bond donors (Lipinski definition) is 1. The Labute approximate surface area is 98.6 Å². The largest absolute Gasteiger partial charge is 0.351 e. The molecule has 1 saturated heterocycles. The van der Waals surface area contributed by atoms with Gasteiger partial charge in [0.2, 0.25) is 0 Å². The molecule has 0 bridgehead atoms. The van der Waals surface area contributed by atoms with Gasteiger partial charge in [0.1, 0.15) is 5.82 Å². The minimum atomic E-state index is -0.459. The van der Waals surface area contributed by atoms with Crippen molar-refractivity contribution in [2.24, 2.45) is 0 Å². The van der Waals surface area contributed by atoms with Gasteiger partial charge in [-0.3, -0.25) is 4.79 Å². The maximum absolute atomic E-state index is 13.3. The van der Waals surface area contributed by atoms with E-state index in [0.29, 0.717) is 11.8 Å². The quantitative estimate of drug-likeness (QED) is 0.878. The lowest BCUT2D eigenvalue weighted by atomic mass is 10.2. The molecule has 0 aliphatic carbocycles. The summed E-state index contributed by atoms with van der Waals surface area (Å²) < 4.78 is 13.3. The monoisotopic (exact) mass is 239 g/mol. The summed E-state index contributed by atoms with van der Waals surface area (Å²) in [6.45, 7) is 0.637. The van der Waals surface area contributed by atoms with Crippen LogP contribution in [0, 0.1) is 5.82 Å². The number of hydrogen-bond acceptors (Lipinski definition) is 2. The normalized spacial score (nSPS) is 19.7. The van der Waals surface area contributed by atoms with Gasteiger partial charge in [-0.25, -0.2) is 4.39 Å². The second-order valence-electron chi connectivity index (χ2n) is 3.82. The Morgan fingerprint density at radius 3 is 3.00 bits per heavy atom. The lowest BCUT2D eigenvalue weighted by molar-refractivity contribution is 0.0949. The van der Waals surface area contributed by atoms with Crippen molar-refractivity contribution in [3.05, 3.63) is 35.6 Å². The van der Waals surface area contributed by atoms with Gasteiger partial charge < -0.3 is 5.32 Å². The van der Waals surface area contributed by atoms with E-state index in [1.54, 1.807) is 12.1 Å². The molecule has 2 rings (SSSR count). The number of carbonyl (C=O) groups is 1. The van der Waals surface area contributed by atoms with E-state index in [4.69, 9.17) is 0 Å². The van der Waals surface area contributed by atoms with Gasteiger partial charge in [-0.05, 0) is 30.7 Å². The van der Waals surface area contributed by atoms with Crippen molar-refractivity contribution in [3.63, 3.8) is 0 Å². The summed E-state index contributed by atoms with van der Waals surface area (Å²) in [6.07, 6.45) is 2.35. The van der Waals surface area contributed by atoms with Crippen LogP contribution in [0.25, 0.3) is 0 Å². The second-order valence-corrected chi connectivity index (χ2v) is 5.23. The van der Waals surface area contributed by atoms with Gasteiger partial charge in [0.05, 0.1) is 5.56 Å². The van der Waals surface area contributed by atoms with Gasteiger partial charge >= 0.3 is 0 Å². The fourth-order valence-corrected chi connectivity index (χ4v) is 2.95. The molecule has 1 aromatic rings. The highest BCUT2D eigenvalue weighted by molar-refractivity contribution is 8.00. The van der Waals surface area contributed by atoms with E-state index in [0.717, 1.165) is 6.42 Å². The lowest BCUT2D eigenvalue weighted by Gasteiger charge is -2.10. The summed E-state index contributed by atoms with van der Waals surface area (Å²) >= 11 is 1.88. The van der Waals surface area contributed by atoms with E-state index in [9.17, 15) is 9.18 Å². The van der Waals surface area contributed by atoms with Crippen LogP contribution in [-0.2, 0) is 0 Å². The zero-order chi connectivity index (χ0) is 11.4. The van der Waals surface area contributed by atoms with Crippen LogP contribution in [0.1, 0.15) is 23.2 Å². The van der Waals surface area contributed by atoms with Crippen molar-refractivity contribution in [1.29, 1.82) is 0 Å². The van der Waals surface area contributed by atoms with Crippen molar-refractivity contribution in [2.75, 3.05) is 12.3 Å². The molecular formula is C12H14FNOS. The average Bonchev–Trinajstić information content (AvgIpc) is 2.79. The molecule has 2 nitrogen and oxygen atoms in total. The van der Waals surface area contributed by atoms with E-state index in [1.807, 2.05) is 11.8 Å². The van der Waals surface area contributed by atoms with E-state index >= 15 is 0 Å². The van der Waals surface area contributed by atoms with Crippen LogP contribution < -0.4 is 5.32 Å². The maximum atomic E-state index is 13.3. The number of nitrogens with one attached hydrogen (secondary N) is 1. The number of benzene rings is 1. The van der Waals surface area contributed by atoms with Crippen molar-refractivity contribution < 1.29 is 9.18 Å². The molecule has 0 saturated carbocycles.